The number of carboxylic acids is 1. The van der Waals surface area contributed by atoms with E-state index in [1.807, 2.05) is 19.9 Å². The summed E-state index contributed by atoms with van der Waals surface area (Å²) >= 11 is 0. The van der Waals surface area contributed by atoms with E-state index in [1.54, 1.807) is 0 Å². The molecule has 140 valence electrons. The molecular formula is C19H20FN5O2. The molecule has 4 rings (SSSR count). The molecule has 27 heavy (non-hydrogen) atoms. The summed E-state index contributed by atoms with van der Waals surface area (Å²) in [6, 6.07) is 3.26. The van der Waals surface area contributed by atoms with Crippen LogP contribution >= 0.6 is 0 Å². The summed E-state index contributed by atoms with van der Waals surface area (Å²) in [5.41, 5.74) is 1.16. The molecule has 2 aromatic heterocycles. The van der Waals surface area contributed by atoms with Crippen molar-refractivity contribution in [3.05, 3.63) is 41.5 Å². The smallest absolute Gasteiger partial charge is 0.338 e. The van der Waals surface area contributed by atoms with Crippen LogP contribution < -0.4 is 4.90 Å². The maximum Gasteiger partial charge on any atom is 0.338 e. The SMILES string of the molecule is CC(C)c1cc2c(N3CCCC3)nc(-n3cc(C(=O)O)cn3)nc2cc1F. The largest absolute Gasteiger partial charge is 0.478 e. The number of nitrogens with zero attached hydrogens (tertiary/aromatic N) is 5. The third-order valence-electron chi connectivity index (χ3n) is 4.84. The van der Waals surface area contributed by atoms with Crippen LogP contribution in [-0.4, -0.2) is 43.9 Å². The zero-order valence-electron chi connectivity index (χ0n) is 15.2. The van der Waals surface area contributed by atoms with Crippen molar-refractivity contribution in [2.24, 2.45) is 0 Å². The van der Waals surface area contributed by atoms with Crippen LogP contribution in [0.5, 0.6) is 0 Å². The first-order valence-corrected chi connectivity index (χ1v) is 8.98. The average molecular weight is 369 g/mol. The fourth-order valence-corrected chi connectivity index (χ4v) is 3.40. The van der Waals surface area contributed by atoms with Crippen LogP contribution in [0.4, 0.5) is 10.2 Å². The molecule has 1 aliphatic rings. The Labute approximate surface area is 155 Å². The Kier molecular flexibility index (Phi) is 4.25. The first kappa shape index (κ1) is 17.4. The second kappa shape index (κ2) is 6.61. The van der Waals surface area contributed by atoms with Gasteiger partial charge >= 0.3 is 5.97 Å². The van der Waals surface area contributed by atoms with Gasteiger partial charge in [0.25, 0.3) is 5.95 Å². The van der Waals surface area contributed by atoms with Crippen molar-refractivity contribution in [1.82, 2.24) is 19.7 Å². The molecule has 0 bridgehead atoms. The Morgan fingerprint density at radius 2 is 1.96 bits per heavy atom. The molecule has 0 amide bonds. The fourth-order valence-electron chi connectivity index (χ4n) is 3.40. The second-order valence-electron chi connectivity index (χ2n) is 7.07. The summed E-state index contributed by atoms with van der Waals surface area (Å²) in [4.78, 5) is 22.4. The van der Waals surface area contributed by atoms with Gasteiger partial charge in [-0.15, -0.1) is 0 Å². The minimum absolute atomic E-state index is 0.0442. The summed E-state index contributed by atoms with van der Waals surface area (Å²) in [6.07, 6.45) is 4.75. The summed E-state index contributed by atoms with van der Waals surface area (Å²) in [5, 5.41) is 14.0. The predicted octanol–water partition coefficient (Wildman–Crippen LogP) is 3.38. The lowest BCUT2D eigenvalue weighted by Crippen LogP contribution is -2.21. The van der Waals surface area contributed by atoms with Gasteiger partial charge in [0.15, 0.2) is 0 Å². The second-order valence-corrected chi connectivity index (χ2v) is 7.07. The predicted molar refractivity (Wildman–Crippen MR) is 99.1 cm³/mol. The molecule has 3 heterocycles. The first-order chi connectivity index (χ1) is 12.9. The summed E-state index contributed by atoms with van der Waals surface area (Å²) in [6.45, 7) is 5.65. The van der Waals surface area contributed by atoms with Gasteiger partial charge in [-0.05, 0) is 30.4 Å². The normalized spacial score (nSPS) is 14.4. The molecule has 7 nitrogen and oxygen atoms in total. The van der Waals surface area contributed by atoms with E-state index in [0.717, 1.165) is 37.1 Å². The minimum atomic E-state index is -1.07. The lowest BCUT2D eigenvalue weighted by atomic mass is 10.0. The van der Waals surface area contributed by atoms with Gasteiger partial charge in [0, 0.05) is 30.7 Å². The molecule has 0 radical (unpaired) electrons. The Bertz CT molecular complexity index is 1020. The highest BCUT2D eigenvalue weighted by atomic mass is 19.1. The maximum absolute atomic E-state index is 14.5. The topological polar surface area (TPSA) is 84.1 Å². The van der Waals surface area contributed by atoms with Crippen LogP contribution in [0.2, 0.25) is 0 Å². The Morgan fingerprint density at radius 3 is 2.59 bits per heavy atom. The van der Waals surface area contributed by atoms with E-state index >= 15 is 0 Å². The van der Waals surface area contributed by atoms with E-state index in [0.29, 0.717) is 11.1 Å². The van der Waals surface area contributed by atoms with E-state index in [9.17, 15) is 9.18 Å². The van der Waals surface area contributed by atoms with Gasteiger partial charge in [0.1, 0.15) is 11.6 Å². The summed E-state index contributed by atoms with van der Waals surface area (Å²) in [7, 11) is 0. The quantitative estimate of drug-likeness (QED) is 0.759. The Morgan fingerprint density at radius 1 is 1.22 bits per heavy atom. The zero-order chi connectivity index (χ0) is 19.1. The molecule has 0 unspecified atom stereocenters. The van der Waals surface area contributed by atoms with Gasteiger partial charge in [-0.2, -0.15) is 10.1 Å². The van der Waals surface area contributed by atoms with Gasteiger partial charge in [0.05, 0.1) is 17.3 Å². The number of carboxylic acid groups (broad SMARTS) is 1. The number of hydrogen-bond donors (Lipinski definition) is 1. The molecule has 3 aromatic rings. The van der Waals surface area contributed by atoms with Crippen LogP contribution in [0, 0.1) is 5.82 Å². The molecule has 0 atom stereocenters. The highest BCUT2D eigenvalue weighted by Crippen LogP contribution is 2.31. The van der Waals surface area contributed by atoms with E-state index in [1.165, 1.54) is 23.1 Å². The number of aromatic nitrogens is 4. The van der Waals surface area contributed by atoms with Gasteiger partial charge in [-0.25, -0.2) is 18.9 Å². The van der Waals surface area contributed by atoms with E-state index in [-0.39, 0.29) is 23.2 Å². The molecule has 1 saturated heterocycles. The highest BCUT2D eigenvalue weighted by molar-refractivity contribution is 5.91. The standard InChI is InChI=1S/C19H20FN5O2/c1-11(2)13-7-14-16(8-15(13)20)22-19(23-17(14)24-5-3-4-6-24)25-10-12(9-21-25)18(26)27/h7-11H,3-6H2,1-2H3,(H,26,27). The van der Waals surface area contributed by atoms with Crippen molar-refractivity contribution >= 4 is 22.7 Å². The Hall–Kier alpha value is -3.03. The molecule has 1 fully saturated rings. The van der Waals surface area contributed by atoms with Crippen molar-refractivity contribution in [2.75, 3.05) is 18.0 Å². The van der Waals surface area contributed by atoms with Crippen molar-refractivity contribution in [2.45, 2.75) is 32.6 Å². The summed E-state index contributed by atoms with van der Waals surface area (Å²) in [5.74, 6) is -0.365. The van der Waals surface area contributed by atoms with E-state index < -0.39 is 5.97 Å². The highest BCUT2D eigenvalue weighted by Gasteiger charge is 2.21. The minimum Gasteiger partial charge on any atom is -0.478 e. The van der Waals surface area contributed by atoms with Crippen LogP contribution in [0.15, 0.2) is 24.5 Å². The van der Waals surface area contributed by atoms with Crippen molar-refractivity contribution in [3.8, 4) is 5.95 Å². The van der Waals surface area contributed by atoms with Crippen molar-refractivity contribution in [3.63, 3.8) is 0 Å². The van der Waals surface area contributed by atoms with Gasteiger partial charge < -0.3 is 10.0 Å². The molecular weight excluding hydrogens is 349 g/mol. The number of anilines is 1. The number of hydrogen-bond acceptors (Lipinski definition) is 5. The lowest BCUT2D eigenvalue weighted by Gasteiger charge is -2.20. The van der Waals surface area contributed by atoms with Gasteiger partial charge in [-0.1, -0.05) is 13.8 Å². The van der Waals surface area contributed by atoms with E-state index in [2.05, 4.69) is 20.0 Å². The summed E-state index contributed by atoms with van der Waals surface area (Å²) < 4.78 is 15.9. The molecule has 0 spiro atoms. The first-order valence-electron chi connectivity index (χ1n) is 8.98. The van der Waals surface area contributed by atoms with Crippen molar-refractivity contribution < 1.29 is 14.3 Å². The number of aromatic carboxylic acids is 1. The fraction of sp³-hybridized carbons (Fsp3) is 0.368. The van der Waals surface area contributed by atoms with Crippen LogP contribution in [0.1, 0.15) is 48.5 Å². The number of benzene rings is 1. The lowest BCUT2D eigenvalue weighted by molar-refractivity contribution is 0.0697. The molecule has 8 heteroatoms. The maximum atomic E-state index is 14.5. The van der Waals surface area contributed by atoms with Crippen LogP contribution in [-0.2, 0) is 0 Å². The van der Waals surface area contributed by atoms with Crippen LogP contribution in [0.25, 0.3) is 16.9 Å². The average Bonchev–Trinajstić information content (AvgIpc) is 3.31. The molecule has 1 aliphatic heterocycles. The number of rotatable bonds is 4. The molecule has 1 aromatic carbocycles. The van der Waals surface area contributed by atoms with Crippen molar-refractivity contribution in [1.29, 1.82) is 0 Å². The van der Waals surface area contributed by atoms with Gasteiger partial charge in [-0.3, -0.25) is 0 Å². The van der Waals surface area contributed by atoms with E-state index in [4.69, 9.17) is 5.11 Å². The van der Waals surface area contributed by atoms with Crippen LogP contribution in [0.3, 0.4) is 0 Å². The number of carbonyl (C=O) groups is 1. The molecule has 0 saturated carbocycles. The third kappa shape index (κ3) is 3.11. The Balaban J connectivity index is 1.93. The molecule has 0 aliphatic carbocycles. The number of fused-ring (bicyclic) bond motifs is 1. The number of halogens is 1. The third-order valence-corrected chi connectivity index (χ3v) is 4.84. The molecule has 1 N–H and O–H groups in total. The monoisotopic (exact) mass is 369 g/mol. The van der Waals surface area contributed by atoms with Gasteiger partial charge in [0.2, 0.25) is 0 Å². The zero-order valence-corrected chi connectivity index (χ0v) is 15.2.